The number of piperazine rings is 1. The Kier molecular flexibility index (Phi) is 20.7. The SMILES string of the molecule is COc1cc(C(=O)NCCOCCOCCO[C@@H]2C[C@@H](COc3nc4c(c(N5CCN[C@@H](CC#N)C5)n3)CCN(c3cccc5ccccc35)C4)N(C)C2)ccc1NC(=O)[C@@H]1N[C@@H](CC(C)(C)C)[C@](C#N)(c2ccc(Cl)cc2F)[C@H]1c1cccc(Cl)c1F. The van der Waals surface area contributed by atoms with Crippen molar-refractivity contribution in [3.8, 4) is 23.9 Å². The van der Waals surface area contributed by atoms with Crippen LogP contribution in [0.25, 0.3) is 10.8 Å². The van der Waals surface area contributed by atoms with E-state index in [1.54, 1.807) is 0 Å². The van der Waals surface area contributed by atoms with Gasteiger partial charge in [-0.1, -0.05) is 98.6 Å². The highest BCUT2D eigenvalue weighted by Gasteiger charge is 2.61. The molecule has 2 amide bonds. The number of hydrogen-bond donors (Lipinski definition) is 4. The van der Waals surface area contributed by atoms with E-state index in [2.05, 4.69) is 97.6 Å². The van der Waals surface area contributed by atoms with Gasteiger partial charge in [-0.05, 0) is 85.1 Å². The van der Waals surface area contributed by atoms with Crippen LogP contribution >= 0.6 is 23.2 Å². The van der Waals surface area contributed by atoms with E-state index in [-0.39, 0.29) is 69.5 Å². The lowest BCUT2D eigenvalue weighted by Crippen LogP contribution is -2.51. The van der Waals surface area contributed by atoms with E-state index in [0.29, 0.717) is 65.0 Å². The number of halogens is 4. The second-order valence-corrected chi connectivity index (χ2v) is 24.9. The molecule has 0 spiro atoms. The molecule has 7 atom stereocenters. The van der Waals surface area contributed by atoms with Crippen molar-refractivity contribution in [2.75, 3.05) is 108 Å². The van der Waals surface area contributed by atoms with Gasteiger partial charge in [-0.2, -0.15) is 20.5 Å². The van der Waals surface area contributed by atoms with Crippen LogP contribution in [0.4, 0.5) is 26.0 Å². The van der Waals surface area contributed by atoms with Gasteiger partial charge in [-0.25, -0.2) is 8.78 Å². The van der Waals surface area contributed by atoms with Crippen molar-refractivity contribution < 1.29 is 42.1 Å². The van der Waals surface area contributed by atoms with Gasteiger partial charge in [0.25, 0.3) is 5.91 Å². The molecule has 0 unspecified atom stereocenters. The van der Waals surface area contributed by atoms with Crippen molar-refractivity contribution in [1.29, 1.82) is 10.5 Å². The Hall–Kier alpha value is -7.24. The molecule has 0 bridgehead atoms. The predicted octanol–water partition coefficient (Wildman–Crippen LogP) is 9.37. The highest BCUT2D eigenvalue weighted by atomic mass is 35.5. The Labute approximate surface area is 522 Å². The highest BCUT2D eigenvalue weighted by molar-refractivity contribution is 6.31. The van der Waals surface area contributed by atoms with Gasteiger partial charge in [0, 0.05) is 96.1 Å². The smallest absolute Gasteiger partial charge is 0.318 e. The molecule has 3 fully saturated rings. The van der Waals surface area contributed by atoms with Gasteiger partial charge in [0.1, 0.15) is 35.2 Å². The lowest BCUT2D eigenvalue weighted by atomic mass is 9.62. The largest absolute Gasteiger partial charge is 0.495 e. The molecule has 88 heavy (non-hydrogen) atoms. The Balaban J connectivity index is 0.673. The number of nitrogens with one attached hydrogen (secondary N) is 4. The van der Waals surface area contributed by atoms with Crippen molar-refractivity contribution in [1.82, 2.24) is 30.8 Å². The topological polar surface area (TPSA) is 211 Å². The number of amides is 2. The Bertz CT molecular complexity index is 3560. The molecule has 4 aliphatic rings. The van der Waals surface area contributed by atoms with E-state index >= 15 is 8.78 Å². The number of methoxy groups -OCH3 is 1. The molecule has 1 aromatic heterocycles. The van der Waals surface area contributed by atoms with Gasteiger partial charge >= 0.3 is 6.01 Å². The van der Waals surface area contributed by atoms with E-state index < -0.39 is 52.3 Å². The number of anilines is 3. The number of benzene rings is 5. The standard InChI is InChI=1S/C66H75Cl2F2N11O7/c1-65(2,3)35-57-66(40-72,50-18-17-43(67)33-52(50)69)58(49-13-9-14-51(68)59(49)70)60(77-57)63(83)75-53-19-16-42(32-56(53)84-5)62(82)74-24-27-85-28-29-86-30-31-87-46-34-45(79(4)37-46)39-88-64-76-54-38-80(55-15-8-11-41-10-6-7-12-47(41)55)25-21-48(54)61(78-64)81-26-23-73-44(36-81)20-22-71/h6-19,32-33,44-46,57-58,60,73,77H,20-21,23-31,34-39H2,1-5H3,(H,74,82)(H,75,83)/t44-,45-,46+,57-,58-,60+,66-/m0/s1. The first kappa shape index (κ1) is 63.8. The molecule has 3 saturated heterocycles. The van der Waals surface area contributed by atoms with E-state index in [4.69, 9.17) is 56.9 Å². The fourth-order valence-corrected chi connectivity index (χ4v) is 13.2. The summed E-state index contributed by atoms with van der Waals surface area (Å²) >= 11 is 12.5. The quantitative estimate of drug-likeness (QED) is 0.0440. The summed E-state index contributed by atoms with van der Waals surface area (Å²) in [6.45, 7) is 12.5. The first-order valence-electron chi connectivity index (χ1n) is 29.9. The average molecular weight is 1240 g/mol. The van der Waals surface area contributed by atoms with Crippen LogP contribution in [0.5, 0.6) is 11.8 Å². The summed E-state index contributed by atoms with van der Waals surface area (Å²) in [6, 6.07) is 30.7. The predicted molar refractivity (Wildman–Crippen MR) is 334 cm³/mol. The molecular formula is C66H75Cl2F2N11O7. The number of fused-ring (bicyclic) bond motifs is 2. The van der Waals surface area contributed by atoms with Crippen LogP contribution in [-0.2, 0) is 37.4 Å². The normalized spacial score (nSPS) is 22.0. The van der Waals surface area contributed by atoms with Gasteiger partial charge in [0.15, 0.2) is 0 Å². The van der Waals surface area contributed by atoms with Gasteiger partial charge in [0.2, 0.25) is 5.91 Å². The number of rotatable bonds is 23. The third-order valence-electron chi connectivity index (χ3n) is 17.0. The lowest BCUT2D eigenvalue weighted by molar-refractivity contribution is -0.118. The number of nitrogens with zero attached hydrogens (tertiary/aromatic N) is 7. The monoisotopic (exact) mass is 1240 g/mol. The van der Waals surface area contributed by atoms with Gasteiger partial charge in [0.05, 0.1) is 93.8 Å². The Morgan fingerprint density at radius 2 is 1.68 bits per heavy atom. The Morgan fingerprint density at radius 1 is 0.898 bits per heavy atom. The van der Waals surface area contributed by atoms with E-state index in [0.717, 1.165) is 62.2 Å². The number of likely N-dealkylation sites (tertiary alicyclic amines) is 1. The molecule has 22 heteroatoms. The third-order valence-corrected chi connectivity index (χ3v) is 17.5. The number of carbonyl (C=O) groups excluding carboxylic acids is 2. The molecule has 5 heterocycles. The molecule has 0 aliphatic carbocycles. The number of ether oxygens (including phenoxy) is 5. The van der Waals surface area contributed by atoms with Gasteiger partial charge in [-0.15, -0.1) is 0 Å². The van der Waals surface area contributed by atoms with Crippen LogP contribution < -0.4 is 40.5 Å². The van der Waals surface area contributed by atoms with Crippen LogP contribution in [0.3, 0.4) is 0 Å². The molecule has 4 aliphatic heterocycles. The van der Waals surface area contributed by atoms with Crippen LogP contribution in [0, 0.1) is 39.7 Å². The van der Waals surface area contributed by atoms with E-state index in [9.17, 15) is 20.1 Å². The maximum absolute atomic E-state index is 16.2. The maximum Gasteiger partial charge on any atom is 0.318 e. The molecule has 5 aromatic carbocycles. The van der Waals surface area contributed by atoms with E-state index in [1.807, 2.05) is 20.8 Å². The third kappa shape index (κ3) is 14.4. The first-order valence-corrected chi connectivity index (χ1v) is 30.7. The molecule has 10 rings (SSSR count). The first-order chi connectivity index (χ1) is 42.5. The van der Waals surface area contributed by atoms with Crippen LogP contribution in [-0.4, -0.2) is 150 Å². The van der Waals surface area contributed by atoms with Gasteiger partial charge < -0.3 is 54.8 Å². The van der Waals surface area contributed by atoms with Crippen molar-refractivity contribution in [2.24, 2.45) is 5.41 Å². The molecule has 6 aromatic rings. The van der Waals surface area contributed by atoms with Gasteiger partial charge in [-0.3, -0.25) is 14.5 Å². The Morgan fingerprint density at radius 3 is 2.47 bits per heavy atom. The molecule has 464 valence electrons. The summed E-state index contributed by atoms with van der Waals surface area (Å²) in [5.74, 6) is -2.91. The minimum atomic E-state index is -1.82. The molecule has 0 saturated carbocycles. The number of likely N-dealkylation sites (N-methyl/N-ethyl adjacent to an activating group) is 1. The second kappa shape index (κ2) is 28.5. The number of nitriles is 2. The summed E-state index contributed by atoms with van der Waals surface area (Å²) < 4.78 is 62.3. The van der Waals surface area contributed by atoms with Crippen molar-refractivity contribution in [2.45, 2.75) is 94.6 Å². The minimum absolute atomic E-state index is 0.00850. The summed E-state index contributed by atoms with van der Waals surface area (Å²) in [4.78, 5) is 45.0. The van der Waals surface area contributed by atoms with E-state index in [1.165, 1.54) is 72.1 Å². The zero-order chi connectivity index (χ0) is 62.1. The van der Waals surface area contributed by atoms with Crippen molar-refractivity contribution in [3.05, 3.63) is 147 Å². The maximum atomic E-state index is 16.2. The van der Waals surface area contributed by atoms with Crippen LogP contribution in [0.2, 0.25) is 10.0 Å². The zero-order valence-corrected chi connectivity index (χ0v) is 51.7. The summed E-state index contributed by atoms with van der Waals surface area (Å²) in [6.07, 6.45) is 2.27. The highest BCUT2D eigenvalue weighted by Crippen LogP contribution is 2.53. The number of carbonyl (C=O) groups is 2. The van der Waals surface area contributed by atoms with Crippen molar-refractivity contribution in [3.63, 3.8) is 0 Å². The summed E-state index contributed by atoms with van der Waals surface area (Å²) in [5, 5.41) is 35.5. The average Bonchev–Trinajstić information content (AvgIpc) is 1.56. The molecular weight excluding hydrogens is 1170 g/mol. The second-order valence-electron chi connectivity index (χ2n) is 24.1. The zero-order valence-electron chi connectivity index (χ0n) is 50.2. The fourth-order valence-electron chi connectivity index (χ4n) is 12.8. The van der Waals surface area contributed by atoms with Crippen LogP contribution in [0.15, 0.2) is 97.1 Å². The molecule has 0 radical (unpaired) electrons. The fraction of sp³-hybridized carbons (Fsp3) is 0.455. The van der Waals surface area contributed by atoms with Crippen LogP contribution in [0.1, 0.15) is 78.7 Å². The number of aromatic nitrogens is 2. The molecule has 18 nitrogen and oxygen atoms in total. The number of hydrogen-bond acceptors (Lipinski definition) is 16. The molecule has 4 N–H and O–H groups in total. The summed E-state index contributed by atoms with van der Waals surface area (Å²) in [7, 11) is 3.46. The minimum Gasteiger partial charge on any atom is -0.495 e. The summed E-state index contributed by atoms with van der Waals surface area (Å²) in [5.41, 5.74) is 1.38. The lowest BCUT2D eigenvalue weighted by Gasteiger charge is -2.37. The van der Waals surface area contributed by atoms with Crippen molar-refractivity contribution >= 4 is 63.0 Å².